The topological polar surface area (TPSA) is 78.5 Å². The van der Waals surface area contributed by atoms with Crippen LogP contribution in [-0.4, -0.2) is 34.7 Å². The molecule has 0 aromatic heterocycles. The van der Waals surface area contributed by atoms with Gasteiger partial charge in [0.25, 0.3) is 5.91 Å². The Bertz CT molecular complexity index is 1290. The highest BCUT2D eigenvalue weighted by Crippen LogP contribution is 2.31. The lowest BCUT2D eigenvalue weighted by molar-refractivity contribution is -0.136. The van der Waals surface area contributed by atoms with E-state index in [-0.39, 0.29) is 66.6 Å². The summed E-state index contributed by atoms with van der Waals surface area (Å²) in [5, 5.41) is 5.81. The smallest absolute Gasteiger partial charge is 0.255 e. The van der Waals surface area contributed by atoms with Crippen LogP contribution in [0.1, 0.15) is 72.4 Å². The van der Waals surface area contributed by atoms with Crippen molar-refractivity contribution in [2.45, 2.75) is 70.1 Å². The van der Waals surface area contributed by atoms with Crippen LogP contribution < -0.4 is 10.6 Å². The summed E-state index contributed by atoms with van der Waals surface area (Å²) in [5.74, 6) is -0.607. The van der Waals surface area contributed by atoms with Gasteiger partial charge in [0.15, 0.2) is 0 Å². The molecule has 3 amide bonds. The molecule has 33 heavy (non-hydrogen) atoms. The predicted octanol–water partition coefficient (Wildman–Crippen LogP) is 3.34. The fourth-order valence-electron chi connectivity index (χ4n) is 5.38. The van der Waals surface area contributed by atoms with Crippen LogP contribution >= 0.6 is 0 Å². The van der Waals surface area contributed by atoms with Crippen LogP contribution in [0.5, 0.6) is 0 Å². The van der Waals surface area contributed by atoms with Crippen molar-refractivity contribution in [2.75, 3.05) is 0 Å². The molecular weight excluding hydrogens is 414 g/mol. The molecule has 2 N–H and O–H groups in total. The molecule has 1 saturated carbocycles. The standard InChI is InChI=1S/C27H31N3O3/c31-25-13-12-24(26(32)29-25)30-17-21-15-19(10-11-22(21)27(30)33)14-20-8-4-5-9-23(20)28-16-18-6-2-1-3-7-18/h1-3,6-7,10-11,15,20,23-24,28H,4-5,8-9,12-14,16-17H2,(H,29,31,32)/t20-,23+,24?/m1/s1/i1D,2D,3D,6D,7D. The quantitative estimate of drug-likeness (QED) is 0.662. The second kappa shape index (κ2) is 9.48. The maximum Gasteiger partial charge on any atom is 0.255 e. The van der Waals surface area contributed by atoms with E-state index in [0.717, 1.165) is 43.2 Å². The molecule has 3 aliphatic rings. The van der Waals surface area contributed by atoms with Gasteiger partial charge in [0.2, 0.25) is 11.8 Å². The Balaban J connectivity index is 1.28. The average Bonchev–Trinajstić information content (AvgIpc) is 3.22. The Labute approximate surface area is 201 Å². The fraction of sp³-hybridized carbons (Fsp3) is 0.444. The number of amides is 3. The molecule has 2 aromatic rings. The zero-order chi connectivity index (χ0) is 27.1. The number of benzene rings is 2. The van der Waals surface area contributed by atoms with Gasteiger partial charge in [-0.15, -0.1) is 0 Å². The fourth-order valence-corrected chi connectivity index (χ4v) is 5.38. The van der Waals surface area contributed by atoms with E-state index in [1.807, 2.05) is 18.2 Å². The van der Waals surface area contributed by atoms with Crippen molar-refractivity contribution in [1.82, 2.24) is 15.5 Å². The maximum atomic E-state index is 13.0. The van der Waals surface area contributed by atoms with Crippen LogP contribution in [0.4, 0.5) is 0 Å². The van der Waals surface area contributed by atoms with E-state index in [4.69, 9.17) is 6.85 Å². The Morgan fingerprint density at radius 3 is 2.67 bits per heavy atom. The molecule has 6 nitrogen and oxygen atoms in total. The number of nitrogens with one attached hydrogen (secondary N) is 2. The minimum atomic E-state index is -0.635. The highest BCUT2D eigenvalue weighted by molar-refractivity contribution is 6.05. The third-order valence-corrected chi connectivity index (χ3v) is 7.09. The molecular formula is C27H31N3O3. The van der Waals surface area contributed by atoms with Crippen LogP contribution in [-0.2, 0) is 29.1 Å². The van der Waals surface area contributed by atoms with Crippen LogP contribution in [0, 0.1) is 5.92 Å². The lowest BCUT2D eigenvalue weighted by atomic mass is 9.80. The van der Waals surface area contributed by atoms with E-state index in [1.54, 1.807) is 4.90 Å². The van der Waals surface area contributed by atoms with Gasteiger partial charge in [-0.25, -0.2) is 0 Å². The van der Waals surface area contributed by atoms with E-state index < -0.39 is 11.9 Å². The summed E-state index contributed by atoms with van der Waals surface area (Å²) in [6.07, 6.45) is 5.46. The maximum absolute atomic E-state index is 13.0. The summed E-state index contributed by atoms with van der Waals surface area (Å²) >= 11 is 0. The van der Waals surface area contributed by atoms with Crippen LogP contribution in [0.25, 0.3) is 0 Å². The van der Waals surface area contributed by atoms with Crippen molar-refractivity contribution in [2.24, 2.45) is 5.92 Å². The van der Waals surface area contributed by atoms with Gasteiger partial charge < -0.3 is 10.2 Å². The number of carbonyl (C=O) groups excluding carboxylic acids is 3. The van der Waals surface area contributed by atoms with Gasteiger partial charge in [-0.1, -0.05) is 55.2 Å². The molecule has 2 fully saturated rings. The van der Waals surface area contributed by atoms with Gasteiger partial charge in [0.05, 0.1) is 6.85 Å². The molecule has 172 valence electrons. The molecule has 2 heterocycles. The first-order valence-corrected chi connectivity index (χ1v) is 11.7. The molecule has 1 unspecified atom stereocenters. The summed E-state index contributed by atoms with van der Waals surface area (Å²) in [4.78, 5) is 38.4. The molecule has 2 aromatic carbocycles. The molecule has 0 spiro atoms. The zero-order valence-corrected chi connectivity index (χ0v) is 18.5. The minimum Gasteiger partial charge on any atom is -0.322 e. The average molecular weight is 451 g/mol. The molecule has 1 aliphatic carbocycles. The van der Waals surface area contributed by atoms with Crippen LogP contribution in [0.2, 0.25) is 0 Å². The van der Waals surface area contributed by atoms with Crippen molar-refractivity contribution < 1.29 is 21.2 Å². The summed E-state index contributed by atoms with van der Waals surface area (Å²) in [7, 11) is 0. The van der Waals surface area contributed by atoms with E-state index in [1.165, 1.54) is 0 Å². The first kappa shape index (κ1) is 16.6. The highest BCUT2D eigenvalue weighted by Gasteiger charge is 2.39. The third-order valence-electron chi connectivity index (χ3n) is 7.09. The SMILES string of the molecule is [2H]c1c([2H])c([2H])c(CN[C@H]2CCCC[C@@H]2Cc2ccc3c(c2)CN(C2CCC(=O)NC2=O)C3=O)c([2H])c1[2H]. The number of imide groups is 1. The molecule has 5 rings (SSSR count). The van der Waals surface area contributed by atoms with E-state index >= 15 is 0 Å². The largest absolute Gasteiger partial charge is 0.322 e. The van der Waals surface area contributed by atoms with Gasteiger partial charge in [0, 0.05) is 31.1 Å². The van der Waals surface area contributed by atoms with Gasteiger partial charge in [-0.3, -0.25) is 19.7 Å². The number of fused-ring (bicyclic) bond motifs is 1. The van der Waals surface area contributed by atoms with Gasteiger partial charge >= 0.3 is 0 Å². The first-order valence-electron chi connectivity index (χ1n) is 14.2. The summed E-state index contributed by atoms with van der Waals surface area (Å²) in [6.45, 7) is 0.548. The second-order valence-corrected chi connectivity index (χ2v) is 9.23. The number of rotatable bonds is 6. The molecule has 2 aliphatic heterocycles. The zero-order valence-electron chi connectivity index (χ0n) is 23.5. The molecule has 0 bridgehead atoms. The number of hydrogen-bond acceptors (Lipinski definition) is 4. The Kier molecular flexibility index (Phi) is 4.77. The molecule has 6 heteroatoms. The Hall–Kier alpha value is -2.99. The van der Waals surface area contributed by atoms with Gasteiger partial charge in [-0.2, -0.15) is 0 Å². The summed E-state index contributed by atoms with van der Waals surface area (Å²) in [6, 6.07) is 3.98. The van der Waals surface area contributed by atoms with E-state index in [2.05, 4.69) is 10.6 Å². The van der Waals surface area contributed by atoms with E-state index in [9.17, 15) is 14.4 Å². The molecule has 1 saturated heterocycles. The number of nitrogens with zero attached hydrogens (tertiary/aromatic N) is 1. The normalized spacial score (nSPS) is 27.3. The number of hydrogen-bond donors (Lipinski definition) is 2. The van der Waals surface area contributed by atoms with Crippen LogP contribution in [0.3, 0.4) is 0 Å². The minimum absolute atomic E-state index is 0.136. The van der Waals surface area contributed by atoms with Crippen molar-refractivity contribution >= 4 is 17.7 Å². The summed E-state index contributed by atoms with van der Waals surface area (Å²) in [5.41, 5.74) is 2.86. The first-order chi connectivity index (χ1) is 18.2. The van der Waals surface area contributed by atoms with Gasteiger partial charge in [0.1, 0.15) is 6.04 Å². The van der Waals surface area contributed by atoms with E-state index in [0.29, 0.717) is 24.4 Å². The Morgan fingerprint density at radius 1 is 1.03 bits per heavy atom. The summed E-state index contributed by atoms with van der Waals surface area (Å²) < 4.78 is 40.0. The Morgan fingerprint density at radius 2 is 1.85 bits per heavy atom. The number of piperidine rings is 1. The van der Waals surface area contributed by atoms with Crippen LogP contribution in [0.15, 0.2) is 48.4 Å². The highest BCUT2D eigenvalue weighted by atomic mass is 16.2. The molecule has 3 atom stereocenters. The van der Waals surface area contributed by atoms with Crippen molar-refractivity contribution in [3.63, 3.8) is 0 Å². The molecule has 0 radical (unpaired) electrons. The van der Waals surface area contributed by atoms with Crippen molar-refractivity contribution in [1.29, 1.82) is 0 Å². The number of carbonyl (C=O) groups is 3. The predicted molar refractivity (Wildman–Crippen MR) is 125 cm³/mol. The van der Waals surface area contributed by atoms with Crippen molar-refractivity contribution in [3.05, 3.63) is 70.7 Å². The third kappa shape index (κ3) is 4.71. The van der Waals surface area contributed by atoms with Crippen molar-refractivity contribution in [3.8, 4) is 0 Å². The lowest BCUT2D eigenvalue weighted by Crippen LogP contribution is -2.52. The second-order valence-electron chi connectivity index (χ2n) is 9.23. The van der Waals surface area contributed by atoms with Gasteiger partial charge in [-0.05, 0) is 54.4 Å². The lowest BCUT2D eigenvalue weighted by Gasteiger charge is -2.32. The monoisotopic (exact) mass is 450 g/mol.